The van der Waals surface area contributed by atoms with E-state index >= 15 is 0 Å². The van der Waals surface area contributed by atoms with E-state index in [1.807, 2.05) is 0 Å². The summed E-state index contributed by atoms with van der Waals surface area (Å²) in [6.07, 6.45) is 1.45. The number of rotatable bonds is 4. The maximum atomic E-state index is 11.4. The molecule has 0 radical (unpaired) electrons. The first-order valence-corrected chi connectivity index (χ1v) is 6.73. The lowest BCUT2D eigenvalue weighted by atomic mass is 9.96. The molecule has 1 unspecified atom stereocenters. The quantitative estimate of drug-likeness (QED) is 0.514. The number of piperidine rings is 1. The minimum absolute atomic E-state index is 0.118. The summed E-state index contributed by atoms with van der Waals surface area (Å²) in [5, 5.41) is 11.2. The molecule has 1 amide bonds. The molecule has 1 aromatic carbocycles. The Bertz CT molecular complexity index is 600. The molecule has 1 heterocycles. The van der Waals surface area contributed by atoms with E-state index in [0.29, 0.717) is 30.8 Å². The van der Waals surface area contributed by atoms with Crippen LogP contribution in [0, 0.1) is 16.0 Å². The SMILES string of the molecule is CC(=O)c1ccc(N2CCCC(C(N)=O)C2)c([N+](=O)[O-])c1. The van der Waals surface area contributed by atoms with Gasteiger partial charge in [0.25, 0.3) is 5.69 Å². The average Bonchev–Trinajstić information content (AvgIpc) is 2.46. The molecule has 0 aromatic heterocycles. The van der Waals surface area contributed by atoms with Crippen LogP contribution in [-0.4, -0.2) is 29.7 Å². The summed E-state index contributed by atoms with van der Waals surface area (Å²) in [5.74, 6) is -0.910. The summed E-state index contributed by atoms with van der Waals surface area (Å²) in [6, 6.07) is 4.42. The summed E-state index contributed by atoms with van der Waals surface area (Å²) in [5.41, 5.74) is 5.93. The predicted molar refractivity (Wildman–Crippen MR) is 77.2 cm³/mol. The molecular formula is C14H17N3O4. The second-order valence-electron chi connectivity index (χ2n) is 5.20. The Morgan fingerprint density at radius 2 is 2.14 bits per heavy atom. The molecule has 0 aliphatic carbocycles. The maximum absolute atomic E-state index is 11.4. The molecule has 0 bridgehead atoms. The number of hydrogen-bond donors (Lipinski definition) is 1. The Kier molecular flexibility index (Phi) is 4.21. The van der Waals surface area contributed by atoms with Crippen molar-refractivity contribution in [2.45, 2.75) is 19.8 Å². The molecule has 0 spiro atoms. The largest absolute Gasteiger partial charge is 0.369 e. The third kappa shape index (κ3) is 3.18. The number of amides is 1. The summed E-state index contributed by atoms with van der Waals surface area (Å²) in [6.45, 7) is 2.36. The van der Waals surface area contributed by atoms with Crippen molar-refractivity contribution in [1.29, 1.82) is 0 Å². The van der Waals surface area contributed by atoms with Gasteiger partial charge in [-0.3, -0.25) is 19.7 Å². The number of Topliss-reactive ketones (excluding diaryl/α,β-unsaturated/α-hetero) is 1. The Morgan fingerprint density at radius 1 is 1.43 bits per heavy atom. The van der Waals surface area contributed by atoms with Crippen LogP contribution in [-0.2, 0) is 4.79 Å². The molecule has 1 fully saturated rings. The van der Waals surface area contributed by atoms with E-state index < -0.39 is 4.92 Å². The molecule has 1 aliphatic rings. The molecule has 21 heavy (non-hydrogen) atoms. The van der Waals surface area contributed by atoms with E-state index in [1.165, 1.54) is 13.0 Å². The number of nitro groups is 1. The van der Waals surface area contributed by atoms with Crippen LogP contribution in [0.15, 0.2) is 18.2 Å². The van der Waals surface area contributed by atoms with E-state index in [9.17, 15) is 19.7 Å². The molecule has 2 N–H and O–H groups in total. The zero-order valence-corrected chi connectivity index (χ0v) is 11.7. The number of nitrogens with two attached hydrogens (primary N) is 1. The first kappa shape index (κ1) is 15.0. The van der Waals surface area contributed by atoms with Crippen molar-refractivity contribution < 1.29 is 14.5 Å². The van der Waals surface area contributed by atoms with Gasteiger partial charge in [-0.15, -0.1) is 0 Å². The van der Waals surface area contributed by atoms with Gasteiger partial charge < -0.3 is 10.6 Å². The van der Waals surface area contributed by atoms with Crippen LogP contribution < -0.4 is 10.6 Å². The number of nitro benzene ring substituents is 1. The second kappa shape index (κ2) is 5.90. The molecule has 1 saturated heterocycles. The smallest absolute Gasteiger partial charge is 0.293 e. The number of primary amides is 1. The number of anilines is 1. The summed E-state index contributed by atoms with van der Waals surface area (Å²) in [4.78, 5) is 35.2. The number of benzene rings is 1. The number of ketones is 1. The topological polar surface area (TPSA) is 107 Å². The zero-order valence-electron chi connectivity index (χ0n) is 11.7. The van der Waals surface area contributed by atoms with Crippen molar-refractivity contribution >= 4 is 23.1 Å². The Labute approximate surface area is 121 Å². The van der Waals surface area contributed by atoms with Crippen LogP contribution in [0.25, 0.3) is 0 Å². The monoisotopic (exact) mass is 291 g/mol. The highest BCUT2D eigenvalue weighted by Crippen LogP contribution is 2.32. The van der Waals surface area contributed by atoms with Crippen molar-refractivity contribution in [3.05, 3.63) is 33.9 Å². The summed E-state index contributed by atoms with van der Waals surface area (Å²) in [7, 11) is 0. The normalized spacial score (nSPS) is 18.3. The highest BCUT2D eigenvalue weighted by molar-refractivity contribution is 5.95. The van der Waals surface area contributed by atoms with Crippen LogP contribution in [0.5, 0.6) is 0 Å². The Hall–Kier alpha value is -2.44. The molecular weight excluding hydrogens is 274 g/mol. The average molecular weight is 291 g/mol. The van der Waals surface area contributed by atoms with Crippen LogP contribution in [0.2, 0.25) is 0 Å². The molecule has 7 nitrogen and oxygen atoms in total. The third-order valence-electron chi connectivity index (χ3n) is 3.74. The summed E-state index contributed by atoms with van der Waals surface area (Å²) < 4.78 is 0. The van der Waals surface area contributed by atoms with Crippen LogP contribution >= 0.6 is 0 Å². The van der Waals surface area contributed by atoms with Crippen molar-refractivity contribution in [2.75, 3.05) is 18.0 Å². The molecule has 1 atom stereocenters. The van der Waals surface area contributed by atoms with Gasteiger partial charge in [0.05, 0.1) is 10.8 Å². The molecule has 0 saturated carbocycles. The fourth-order valence-corrected chi connectivity index (χ4v) is 2.58. The number of carbonyl (C=O) groups excluding carboxylic acids is 2. The van der Waals surface area contributed by atoms with Crippen LogP contribution in [0.4, 0.5) is 11.4 Å². The lowest BCUT2D eigenvalue weighted by molar-refractivity contribution is -0.384. The van der Waals surface area contributed by atoms with Gasteiger partial charge in [-0.05, 0) is 31.9 Å². The van der Waals surface area contributed by atoms with Crippen LogP contribution in [0.3, 0.4) is 0 Å². The minimum atomic E-state index is -0.504. The van der Waals surface area contributed by atoms with Crippen molar-refractivity contribution in [2.24, 2.45) is 11.7 Å². The second-order valence-corrected chi connectivity index (χ2v) is 5.20. The van der Waals surface area contributed by atoms with E-state index in [4.69, 9.17) is 5.73 Å². The van der Waals surface area contributed by atoms with Gasteiger partial charge in [0.2, 0.25) is 5.91 Å². The van der Waals surface area contributed by atoms with E-state index in [-0.39, 0.29) is 23.3 Å². The summed E-state index contributed by atoms with van der Waals surface area (Å²) >= 11 is 0. The highest BCUT2D eigenvalue weighted by Gasteiger charge is 2.28. The van der Waals surface area contributed by atoms with Gasteiger partial charge in [0, 0.05) is 24.7 Å². The van der Waals surface area contributed by atoms with Crippen molar-refractivity contribution in [1.82, 2.24) is 0 Å². The fraction of sp³-hybridized carbons (Fsp3) is 0.429. The lowest BCUT2D eigenvalue weighted by Gasteiger charge is -2.32. The Morgan fingerprint density at radius 3 is 2.71 bits per heavy atom. The highest BCUT2D eigenvalue weighted by atomic mass is 16.6. The molecule has 1 aliphatic heterocycles. The van der Waals surface area contributed by atoms with Gasteiger partial charge in [-0.1, -0.05) is 0 Å². The van der Waals surface area contributed by atoms with Gasteiger partial charge in [-0.2, -0.15) is 0 Å². The van der Waals surface area contributed by atoms with Gasteiger partial charge in [-0.25, -0.2) is 0 Å². The van der Waals surface area contributed by atoms with Gasteiger partial charge in [0.1, 0.15) is 5.69 Å². The maximum Gasteiger partial charge on any atom is 0.293 e. The van der Waals surface area contributed by atoms with Crippen molar-refractivity contribution in [3.63, 3.8) is 0 Å². The van der Waals surface area contributed by atoms with E-state index in [1.54, 1.807) is 17.0 Å². The first-order chi connectivity index (χ1) is 9.90. The molecule has 1 aromatic rings. The zero-order chi connectivity index (χ0) is 15.6. The van der Waals surface area contributed by atoms with Gasteiger partial charge >= 0.3 is 0 Å². The van der Waals surface area contributed by atoms with E-state index in [2.05, 4.69) is 0 Å². The predicted octanol–water partition coefficient (Wildman–Crippen LogP) is 1.50. The molecule has 112 valence electrons. The lowest BCUT2D eigenvalue weighted by Crippen LogP contribution is -2.41. The minimum Gasteiger partial charge on any atom is -0.369 e. The molecule has 7 heteroatoms. The van der Waals surface area contributed by atoms with E-state index in [0.717, 1.165) is 6.42 Å². The first-order valence-electron chi connectivity index (χ1n) is 6.73. The standard InChI is InChI=1S/C14H17N3O4/c1-9(18)10-4-5-12(13(7-10)17(20)21)16-6-2-3-11(8-16)14(15)19/h4-5,7,11H,2-3,6,8H2,1H3,(H2,15,19). The third-order valence-corrected chi connectivity index (χ3v) is 3.74. The fourth-order valence-electron chi connectivity index (χ4n) is 2.58. The Balaban J connectivity index is 2.36. The van der Waals surface area contributed by atoms with Gasteiger partial charge in [0.15, 0.2) is 5.78 Å². The number of hydrogen-bond acceptors (Lipinski definition) is 5. The van der Waals surface area contributed by atoms with Crippen LogP contribution in [0.1, 0.15) is 30.1 Å². The molecule has 2 rings (SSSR count). The number of carbonyl (C=O) groups is 2. The van der Waals surface area contributed by atoms with Crippen molar-refractivity contribution in [3.8, 4) is 0 Å². The number of nitrogens with zero attached hydrogens (tertiary/aromatic N) is 2.